The number of rotatable bonds is 16. The molecular formula is C30H50O. The number of hydrogen-bond donors (Lipinski definition) is 0. The maximum Gasteiger partial charge on any atom is 0.128 e. The van der Waals surface area contributed by atoms with Crippen LogP contribution in [-0.2, 0) is 5.41 Å². The molecule has 0 amide bonds. The molecule has 0 saturated heterocycles. The Labute approximate surface area is 193 Å². The van der Waals surface area contributed by atoms with Crippen LogP contribution in [0.3, 0.4) is 0 Å². The van der Waals surface area contributed by atoms with Crippen molar-refractivity contribution in [2.24, 2.45) is 11.8 Å². The average Bonchev–Trinajstić information content (AvgIpc) is 2.71. The van der Waals surface area contributed by atoms with Gasteiger partial charge in [0.1, 0.15) is 11.9 Å². The molecule has 1 heteroatoms. The molecule has 0 bridgehead atoms. The summed E-state index contributed by atoms with van der Waals surface area (Å²) < 4.78 is 6.04. The van der Waals surface area contributed by atoms with Gasteiger partial charge in [0, 0.05) is 5.56 Å². The zero-order valence-corrected chi connectivity index (χ0v) is 21.2. The van der Waals surface area contributed by atoms with Gasteiger partial charge in [0.2, 0.25) is 0 Å². The summed E-state index contributed by atoms with van der Waals surface area (Å²) in [6, 6.07) is 6.90. The van der Waals surface area contributed by atoms with Crippen molar-refractivity contribution in [1.82, 2.24) is 0 Å². The van der Waals surface area contributed by atoms with Gasteiger partial charge in [-0.3, -0.25) is 0 Å². The van der Waals surface area contributed by atoms with Gasteiger partial charge in [0.05, 0.1) is 0 Å². The van der Waals surface area contributed by atoms with Gasteiger partial charge in [-0.15, -0.1) is 0 Å². The lowest BCUT2D eigenvalue weighted by molar-refractivity contribution is 0.0959. The van der Waals surface area contributed by atoms with E-state index >= 15 is 0 Å². The minimum Gasteiger partial charge on any atom is -0.485 e. The largest absolute Gasteiger partial charge is 0.485 e. The van der Waals surface area contributed by atoms with Crippen molar-refractivity contribution in [2.45, 2.75) is 142 Å². The molecule has 0 radical (unpaired) electrons. The van der Waals surface area contributed by atoms with Gasteiger partial charge in [-0.05, 0) is 54.6 Å². The normalized spacial score (nSPS) is 18.7. The third-order valence-electron chi connectivity index (χ3n) is 7.99. The molecule has 1 aromatic rings. The summed E-state index contributed by atoms with van der Waals surface area (Å²) in [5.41, 5.74) is 3.69. The van der Waals surface area contributed by atoms with Gasteiger partial charge in [0.25, 0.3) is 0 Å². The van der Waals surface area contributed by atoms with Crippen LogP contribution in [0.2, 0.25) is 0 Å². The predicted octanol–water partition coefficient (Wildman–Crippen LogP) is 9.93. The van der Waals surface area contributed by atoms with Gasteiger partial charge in [-0.1, -0.05) is 117 Å². The standard InChI is InChI=1S/C30H50O/c1-24(2)16-11-7-5-9-13-21-30(22-14-10-6-8-12-17-25(3)4)23-20-28-29-26(30)18-15-19-27(29)31-28/h15,18-19,24-25,28H,5-14,16-17,20-23H2,1-4H3. The summed E-state index contributed by atoms with van der Waals surface area (Å²) in [5.74, 6) is 2.92. The highest BCUT2D eigenvalue weighted by Crippen LogP contribution is 2.56. The number of hydrogen-bond acceptors (Lipinski definition) is 1. The molecule has 1 atom stereocenters. The molecule has 1 aliphatic carbocycles. The van der Waals surface area contributed by atoms with Crippen LogP contribution in [0.15, 0.2) is 18.2 Å². The number of unbranched alkanes of at least 4 members (excludes halogenated alkanes) is 8. The Bertz CT molecular complexity index is 622. The second-order valence-electron chi connectivity index (χ2n) is 11.5. The fourth-order valence-corrected chi connectivity index (χ4v) is 6.08. The Morgan fingerprint density at radius 1 is 0.774 bits per heavy atom. The number of ether oxygens (including phenoxy) is 1. The van der Waals surface area contributed by atoms with Crippen LogP contribution in [0.5, 0.6) is 5.75 Å². The van der Waals surface area contributed by atoms with E-state index in [1.165, 1.54) is 108 Å². The first-order valence-electron chi connectivity index (χ1n) is 13.8. The Morgan fingerprint density at radius 3 is 1.90 bits per heavy atom. The van der Waals surface area contributed by atoms with Gasteiger partial charge < -0.3 is 4.74 Å². The molecule has 2 aliphatic rings. The van der Waals surface area contributed by atoms with Crippen molar-refractivity contribution in [2.75, 3.05) is 0 Å². The van der Waals surface area contributed by atoms with Gasteiger partial charge in [-0.2, -0.15) is 0 Å². The summed E-state index contributed by atoms with van der Waals surface area (Å²) in [7, 11) is 0. The SMILES string of the molecule is CC(C)CCCCCCCC1(CCCCCCCC(C)C)CCC2Oc3cccc1c32. The van der Waals surface area contributed by atoms with Gasteiger partial charge >= 0.3 is 0 Å². The fraction of sp³-hybridized carbons (Fsp3) is 0.800. The van der Waals surface area contributed by atoms with E-state index in [2.05, 4.69) is 45.9 Å². The van der Waals surface area contributed by atoms with E-state index in [4.69, 9.17) is 4.74 Å². The summed E-state index contributed by atoms with van der Waals surface area (Å²) in [5, 5.41) is 0. The minimum atomic E-state index is 0.409. The van der Waals surface area contributed by atoms with Gasteiger partial charge in [-0.25, -0.2) is 0 Å². The Balaban J connectivity index is 1.50. The summed E-state index contributed by atoms with van der Waals surface area (Å²) in [4.78, 5) is 0. The van der Waals surface area contributed by atoms with Crippen molar-refractivity contribution >= 4 is 0 Å². The molecule has 1 heterocycles. The molecule has 31 heavy (non-hydrogen) atoms. The number of benzene rings is 1. The highest BCUT2D eigenvalue weighted by molar-refractivity contribution is 5.52. The molecule has 0 N–H and O–H groups in total. The molecule has 0 aromatic heterocycles. The Morgan fingerprint density at radius 2 is 1.32 bits per heavy atom. The van der Waals surface area contributed by atoms with Crippen LogP contribution >= 0.6 is 0 Å². The van der Waals surface area contributed by atoms with Crippen molar-refractivity contribution in [3.05, 3.63) is 29.3 Å². The lowest BCUT2D eigenvalue weighted by Gasteiger charge is -2.47. The van der Waals surface area contributed by atoms with Crippen LogP contribution in [-0.4, -0.2) is 0 Å². The summed E-state index contributed by atoms with van der Waals surface area (Å²) in [6.07, 6.45) is 22.8. The van der Waals surface area contributed by atoms with Crippen LogP contribution in [0, 0.1) is 11.8 Å². The monoisotopic (exact) mass is 426 g/mol. The van der Waals surface area contributed by atoms with E-state index in [1.54, 1.807) is 11.1 Å². The molecule has 1 unspecified atom stereocenters. The van der Waals surface area contributed by atoms with Crippen molar-refractivity contribution in [1.29, 1.82) is 0 Å². The van der Waals surface area contributed by atoms with E-state index in [9.17, 15) is 0 Å². The highest BCUT2D eigenvalue weighted by Gasteiger charge is 2.44. The Kier molecular flexibility index (Phi) is 9.79. The van der Waals surface area contributed by atoms with E-state index in [0.717, 1.165) is 11.8 Å². The molecule has 1 aliphatic heterocycles. The lowest BCUT2D eigenvalue weighted by Crippen LogP contribution is -2.37. The molecule has 1 aromatic carbocycles. The fourth-order valence-electron chi connectivity index (χ4n) is 6.08. The lowest BCUT2D eigenvalue weighted by atomic mass is 9.63. The van der Waals surface area contributed by atoms with E-state index in [-0.39, 0.29) is 0 Å². The van der Waals surface area contributed by atoms with Crippen molar-refractivity contribution < 1.29 is 4.74 Å². The molecule has 3 rings (SSSR count). The van der Waals surface area contributed by atoms with Crippen molar-refractivity contribution in [3.63, 3.8) is 0 Å². The maximum absolute atomic E-state index is 6.04. The van der Waals surface area contributed by atoms with E-state index < -0.39 is 0 Å². The third-order valence-corrected chi connectivity index (χ3v) is 7.99. The van der Waals surface area contributed by atoms with E-state index in [0.29, 0.717) is 11.5 Å². The second-order valence-corrected chi connectivity index (χ2v) is 11.5. The minimum absolute atomic E-state index is 0.409. The van der Waals surface area contributed by atoms with Crippen LogP contribution < -0.4 is 4.74 Å². The molecule has 176 valence electrons. The predicted molar refractivity (Wildman–Crippen MR) is 135 cm³/mol. The van der Waals surface area contributed by atoms with Crippen LogP contribution in [0.1, 0.15) is 148 Å². The Hall–Kier alpha value is -0.980. The molecule has 0 saturated carbocycles. The molecule has 0 fully saturated rings. The first-order valence-corrected chi connectivity index (χ1v) is 13.8. The molecular weight excluding hydrogens is 376 g/mol. The first-order chi connectivity index (χ1) is 15.0. The average molecular weight is 427 g/mol. The van der Waals surface area contributed by atoms with E-state index in [1.807, 2.05) is 0 Å². The maximum atomic E-state index is 6.04. The molecule has 0 spiro atoms. The van der Waals surface area contributed by atoms with Crippen LogP contribution in [0.25, 0.3) is 0 Å². The smallest absolute Gasteiger partial charge is 0.128 e. The zero-order chi connectivity index (χ0) is 22.1. The quantitative estimate of drug-likeness (QED) is 0.239. The van der Waals surface area contributed by atoms with Crippen LogP contribution in [0.4, 0.5) is 0 Å². The second kappa shape index (κ2) is 12.3. The van der Waals surface area contributed by atoms with Gasteiger partial charge in [0.15, 0.2) is 0 Å². The van der Waals surface area contributed by atoms with Crippen molar-refractivity contribution in [3.8, 4) is 5.75 Å². The topological polar surface area (TPSA) is 9.23 Å². The zero-order valence-electron chi connectivity index (χ0n) is 21.2. The highest BCUT2D eigenvalue weighted by atomic mass is 16.5. The summed E-state index contributed by atoms with van der Waals surface area (Å²) in [6.45, 7) is 9.40. The first kappa shape index (κ1) is 24.7. The summed E-state index contributed by atoms with van der Waals surface area (Å²) >= 11 is 0. The molecule has 1 nitrogen and oxygen atoms in total. The third kappa shape index (κ3) is 7.00.